The monoisotopic (exact) mass is 437 g/mol. The molecular formula is C22H17F2N5OS. The molecule has 1 N–H and O–H groups in total. The van der Waals surface area contributed by atoms with Crippen molar-refractivity contribution in [1.29, 1.82) is 0 Å². The SMILES string of the molecule is O=C(NCc1nnc(SCc2ccncc2)n1-c1ccc(F)cc1)c1ccccc1F. The van der Waals surface area contributed by atoms with E-state index < -0.39 is 11.7 Å². The number of aromatic nitrogens is 4. The van der Waals surface area contributed by atoms with Crippen LogP contribution in [0.4, 0.5) is 8.78 Å². The summed E-state index contributed by atoms with van der Waals surface area (Å²) in [6, 6.07) is 15.4. The van der Waals surface area contributed by atoms with Gasteiger partial charge in [0.1, 0.15) is 11.6 Å². The number of hydrogen-bond acceptors (Lipinski definition) is 5. The summed E-state index contributed by atoms with van der Waals surface area (Å²) in [5, 5.41) is 11.7. The minimum Gasteiger partial charge on any atom is -0.345 e. The van der Waals surface area contributed by atoms with E-state index in [4.69, 9.17) is 0 Å². The van der Waals surface area contributed by atoms with E-state index in [1.54, 1.807) is 35.2 Å². The van der Waals surface area contributed by atoms with Gasteiger partial charge in [0.2, 0.25) is 0 Å². The van der Waals surface area contributed by atoms with Crippen LogP contribution in [-0.4, -0.2) is 25.7 Å². The molecule has 2 aromatic carbocycles. The minimum atomic E-state index is -0.603. The van der Waals surface area contributed by atoms with Crippen LogP contribution < -0.4 is 5.32 Å². The van der Waals surface area contributed by atoms with Gasteiger partial charge >= 0.3 is 0 Å². The molecule has 2 aromatic heterocycles. The summed E-state index contributed by atoms with van der Waals surface area (Å²) in [4.78, 5) is 16.4. The van der Waals surface area contributed by atoms with E-state index in [0.717, 1.165) is 5.56 Å². The van der Waals surface area contributed by atoms with Gasteiger partial charge in [-0.25, -0.2) is 8.78 Å². The lowest BCUT2D eigenvalue weighted by Gasteiger charge is -2.11. The van der Waals surface area contributed by atoms with Crippen LogP contribution in [0.25, 0.3) is 5.69 Å². The summed E-state index contributed by atoms with van der Waals surface area (Å²) in [5.41, 5.74) is 1.66. The largest absolute Gasteiger partial charge is 0.345 e. The summed E-state index contributed by atoms with van der Waals surface area (Å²) >= 11 is 1.45. The standard InChI is InChI=1S/C22H17F2N5OS/c23-16-5-7-17(8-6-16)29-20(13-26-21(30)18-3-1-2-4-19(18)24)27-28-22(29)31-14-15-9-11-25-12-10-15/h1-12H,13-14H2,(H,26,30). The van der Waals surface area contributed by atoms with Gasteiger partial charge in [-0.1, -0.05) is 23.9 Å². The van der Waals surface area contributed by atoms with Crippen LogP contribution in [0.2, 0.25) is 0 Å². The number of rotatable bonds is 7. The fourth-order valence-corrected chi connectivity index (χ4v) is 3.81. The molecule has 0 saturated carbocycles. The molecule has 4 rings (SSSR count). The zero-order chi connectivity index (χ0) is 21.6. The Bertz CT molecular complexity index is 1180. The molecule has 0 spiro atoms. The molecule has 0 radical (unpaired) electrons. The molecule has 9 heteroatoms. The van der Waals surface area contributed by atoms with Gasteiger partial charge in [0, 0.05) is 23.8 Å². The second kappa shape index (κ2) is 9.48. The smallest absolute Gasteiger partial charge is 0.254 e. The quantitative estimate of drug-likeness (QED) is 0.440. The highest BCUT2D eigenvalue weighted by Crippen LogP contribution is 2.25. The first-order chi connectivity index (χ1) is 15.1. The maximum absolute atomic E-state index is 13.9. The van der Waals surface area contributed by atoms with E-state index in [-0.39, 0.29) is 17.9 Å². The third-order valence-corrected chi connectivity index (χ3v) is 5.43. The van der Waals surface area contributed by atoms with Crippen LogP contribution in [0.3, 0.4) is 0 Å². The Hall–Kier alpha value is -3.59. The number of hydrogen-bond donors (Lipinski definition) is 1. The molecule has 31 heavy (non-hydrogen) atoms. The second-order valence-electron chi connectivity index (χ2n) is 6.52. The molecule has 0 aliphatic heterocycles. The Morgan fingerprint density at radius 2 is 1.71 bits per heavy atom. The first-order valence-electron chi connectivity index (χ1n) is 9.36. The van der Waals surface area contributed by atoms with Crippen molar-refractivity contribution < 1.29 is 13.6 Å². The van der Waals surface area contributed by atoms with E-state index in [2.05, 4.69) is 20.5 Å². The summed E-state index contributed by atoms with van der Waals surface area (Å²) in [6.45, 7) is 0.0212. The molecule has 1 amide bonds. The number of carbonyl (C=O) groups excluding carboxylic acids is 1. The predicted octanol–water partition coefficient (Wildman–Crippen LogP) is 4.16. The van der Waals surface area contributed by atoms with Crippen molar-refractivity contribution in [3.8, 4) is 5.69 Å². The van der Waals surface area contributed by atoms with Gasteiger partial charge in [0.25, 0.3) is 5.91 Å². The van der Waals surface area contributed by atoms with Gasteiger partial charge in [-0.15, -0.1) is 10.2 Å². The fraction of sp³-hybridized carbons (Fsp3) is 0.0909. The third kappa shape index (κ3) is 4.95. The summed E-state index contributed by atoms with van der Waals surface area (Å²) in [5.74, 6) is -0.458. The van der Waals surface area contributed by atoms with Crippen LogP contribution >= 0.6 is 11.8 Å². The van der Waals surface area contributed by atoms with Crippen molar-refractivity contribution in [2.75, 3.05) is 0 Å². The van der Waals surface area contributed by atoms with Gasteiger partial charge in [-0.2, -0.15) is 0 Å². The molecule has 0 atom stereocenters. The highest BCUT2D eigenvalue weighted by Gasteiger charge is 2.17. The van der Waals surface area contributed by atoms with E-state index >= 15 is 0 Å². The van der Waals surface area contributed by atoms with Crippen molar-refractivity contribution in [1.82, 2.24) is 25.1 Å². The zero-order valence-electron chi connectivity index (χ0n) is 16.2. The maximum Gasteiger partial charge on any atom is 0.254 e. The Labute approximate surface area is 181 Å². The number of amides is 1. The maximum atomic E-state index is 13.9. The molecule has 0 bridgehead atoms. The molecule has 0 aliphatic rings. The minimum absolute atomic E-state index is 0.0212. The van der Waals surface area contributed by atoms with Gasteiger partial charge < -0.3 is 5.32 Å². The molecule has 6 nitrogen and oxygen atoms in total. The zero-order valence-corrected chi connectivity index (χ0v) is 17.0. The van der Waals surface area contributed by atoms with E-state index in [1.807, 2.05) is 12.1 Å². The normalized spacial score (nSPS) is 10.8. The molecule has 0 saturated heterocycles. The lowest BCUT2D eigenvalue weighted by atomic mass is 10.2. The number of nitrogens with zero attached hydrogens (tertiary/aromatic N) is 4. The van der Waals surface area contributed by atoms with E-state index in [1.165, 1.54) is 42.1 Å². The first-order valence-corrected chi connectivity index (χ1v) is 10.3. The fourth-order valence-electron chi connectivity index (χ4n) is 2.88. The van der Waals surface area contributed by atoms with Crippen molar-refractivity contribution in [2.24, 2.45) is 0 Å². The molecule has 0 fully saturated rings. The Balaban J connectivity index is 1.58. The molecular weight excluding hydrogens is 420 g/mol. The number of pyridine rings is 1. The first kappa shape index (κ1) is 20.7. The molecule has 4 aromatic rings. The number of benzene rings is 2. The number of halogens is 2. The lowest BCUT2D eigenvalue weighted by Crippen LogP contribution is -2.25. The predicted molar refractivity (Wildman–Crippen MR) is 113 cm³/mol. The van der Waals surface area contributed by atoms with Crippen LogP contribution in [0.1, 0.15) is 21.7 Å². The average Bonchev–Trinajstić information content (AvgIpc) is 3.20. The number of thioether (sulfide) groups is 1. The van der Waals surface area contributed by atoms with Crippen molar-refractivity contribution >= 4 is 17.7 Å². The lowest BCUT2D eigenvalue weighted by molar-refractivity contribution is 0.0945. The molecule has 0 unspecified atom stereocenters. The van der Waals surface area contributed by atoms with Crippen LogP contribution in [0, 0.1) is 11.6 Å². The summed E-state index contributed by atoms with van der Waals surface area (Å²) in [7, 11) is 0. The second-order valence-corrected chi connectivity index (χ2v) is 7.46. The average molecular weight is 437 g/mol. The summed E-state index contributed by atoms with van der Waals surface area (Å²) in [6.07, 6.45) is 3.43. The highest BCUT2D eigenvalue weighted by atomic mass is 32.2. The van der Waals surface area contributed by atoms with E-state index in [9.17, 15) is 13.6 Å². The van der Waals surface area contributed by atoms with Gasteiger partial charge in [-0.3, -0.25) is 14.3 Å². The van der Waals surface area contributed by atoms with Gasteiger partial charge in [-0.05, 0) is 54.1 Å². The Kier molecular flexibility index (Phi) is 6.32. The molecule has 0 aliphatic carbocycles. The number of carbonyl (C=O) groups is 1. The van der Waals surface area contributed by atoms with Crippen molar-refractivity contribution in [3.05, 3.63) is 102 Å². The topological polar surface area (TPSA) is 72.7 Å². The van der Waals surface area contributed by atoms with Gasteiger partial charge in [0.05, 0.1) is 12.1 Å². The molecule has 2 heterocycles. The van der Waals surface area contributed by atoms with Crippen LogP contribution in [-0.2, 0) is 12.3 Å². The van der Waals surface area contributed by atoms with E-state index in [0.29, 0.717) is 22.4 Å². The molecule has 156 valence electrons. The van der Waals surface area contributed by atoms with Crippen molar-refractivity contribution in [3.63, 3.8) is 0 Å². The number of nitrogens with one attached hydrogen (secondary N) is 1. The highest BCUT2D eigenvalue weighted by molar-refractivity contribution is 7.98. The van der Waals surface area contributed by atoms with Gasteiger partial charge in [0.15, 0.2) is 11.0 Å². The van der Waals surface area contributed by atoms with Crippen molar-refractivity contribution in [2.45, 2.75) is 17.5 Å². The third-order valence-electron chi connectivity index (χ3n) is 4.43. The Morgan fingerprint density at radius 3 is 2.45 bits per heavy atom. The Morgan fingerprint density at radius 1 is 0.968 bits per heavy atom. The summed E-state index contributed by atoms with van der Waals surface area (Å²) < 4.78 is 29.1. The van der Waals surface area contributed by atoms with Crippen LogP contribution in [0.15, 0.2) is 78.2 Å². The van der Waals surface area contributed by atoms with Crippen LogP contribution in [0.5, 0.6) is 0 Å².